The molecule has 0 saturated carbocycles. The first kappa shape index (κ1) is 11.0. The van der Waals surface area contributed by atoms with E-state index in [9.17, 15) is 4.39 Å². The molecule has 0 aromatic carbocycles. The minimum Gasteiger partial charge on any atom is -0.367 e. The van der Waals surface area contributed by atoms with Crippen LogP contribution in [0.3, 0.4) is 0 Å². The quantitative estimate of drug-likeness (QED) is 0.719. The van der Waals surface area contributed by atoms with Crippen molar-refractivity contribution in [1.82, 2.24) is 9.97 Å². The topological polar surface area (TPSA) is 35.0 Å². The van der Waals surface area contributed by atoms with E-state index in [2.05, 4.69) is 9.97 Å². The molecule has 0 radical (unpaired) electrons. The van der Waals surface area contributed by atoms with Crippen LogP contribution in [0.25, 0.3) is 0 Å². The van der Waals surface area contributed by atoms with E-state index in [0.29, 0.717) is 5.82 Å². The monoisotopic (exact) mass is 250 g/mol. The zero-order chi connectivity index (χ0) is 11.0. The van der Waals surface area contributed by atoms with Crippen LogP contribution in [0.1, 0.15) is 31.7 Å². The fraction of sp³-hybridized carbons (Fsp3) is 0.556. The molecule has 0 bridgehead atoms. The summed E-state index contributed by atoms with van der Waals surface area (Å²) in [7, 11) is 0. The summed E-state index contributed by atoms with van der Waals surface area (Å²) in [6.45, 7) is 1.97. The molecule has 6 heteroatoms. The third-order valence-electron chi connectivity index (χ3n) is 2.31. The van der Waals surface area contributed by atoms with E-state index in [1.165, 1.54) is 0 Å². The zero-order valence-corrected chi connectivity index (χ0v) is 9.52. The maximum Gasteiger partial charge on any atom is 0.197 e. The Hall–Kier alpha value is -0.450. The third kappa shape index (κ3) is 2.22. The van der Waals surface area contributed by atoms with Crippen LogP contribution >= 0.6 is 23.2 Å². The molecule has 2 rings (SSSR count). The lowest BCUT2D eigenvalue weighted by Gasteiger charge is -2.10. The van der Waals surface area contributed by atoms with Crippen LogP contribution in [0, 0.1) is 5.82 Å². The Morgan fingerprint density at radius 2 is 1.87 bits per heavy atom. The van der Waals surface area contributed by atoms with Gasteiger partial charge in [-0.2, -0.15) is 0 Å². The Labute approximate surface area is 96.6 Å². The summed E-state index contributed by atoms with van der Waals surface area (Å²) in [6, 6.07) is 0. The van der Waals surface area contributed by atoms with Crippen LogP contribution in [0.4, 0.5) is 4.39 Å². The summed E-state index contributed by atoms with van der Waals surface area (Å²) >= 11 is 11.1. The lowest BCUT2D eigenvalue weighted by atomic mass is 10.2. The van der Waals surface area contributed by atoms with Gasteiger partial charge in [0.15, 0.2) is 21.9 Å². The Morgan fingerprint density at radius 1 is 1.27 bits per heavy atom. The molecule has 1 aromatic heterocycles. The average molecular weight is 251 g/mol. The third-order valence-corrected chi connectivity index (χ3v) is 2.81. The molecular weight excluding hydrogens is 242 g/mol. The van der Waals surface area contributed by atoms with Crippen LogP contribution < -0.4 is 0 Å². The Bertz CT molecular complexity index is 365. The van der Waals surface area contributed by atoms with Gasteiger partial charge in [-0.3, -0.25) is 0 Å². The highest BCUT2D eigenvalue weighted by Gasteiger charge is 2.27. The van der Waals surface area contributed by atoms with Gasteiger partial charge in [0.25, 0.3) is 0 Å². The van der Waals surface area contributed by atoms with Crippen molar-refractivity contribution in [3.8, 4) is 0 Å². The van der Waals surface area contributed by atoms with Gasteiger partial charge < -0.3 is 4.74 Å². The molecule has 0 amide bonds. The van der Waals surface area contributed by atoms with Gasteiger partial charge in [0.05, 0.1) is 6.10 Å². The molecule has 1 aliphatic rings. The minimum absolute atomic E-state index is 0.168. The summed E-state index contributed by atoms with van der Waals surface area (Å²) in [5.41, 5.74) is 0. The number of hydrogen-bond acceptors (Lipinski definition) is 3. The van der Waals surface area contributed by atoms with Gasteiger partial charge in [-0.15, -0.1) is 0 Å². The largest absolute Gasteiger partial charge is 0.367 e. The predicted molar refractivity (Wildman–Crippen MR) is 54.5 cm³/mol. The summed E-state index contributed by atoms with van der Waals surface area (Å²) < 4.78 is 18.6. The van der Waals surface area contributed by atoms with Crippen molar-refractivity contribution in [1.29, 1.82) is 0 Å². The normalized spacial score (nSPS) is 25.9. The zero-order valence-electron chi connectivity index (χ0n) is 8.01. The molecule has 2 heterocycles. The van der Waals surface area contributed by atoms with Gasteiger partial charge in [0.1, 0.15) is 6.10 Å². The number of rotatable bonds is 1. The Morgan fingerprint density at radius 3 is 2.33 bits per heavy atom. The van der Waals surface area contributed by atoms with E-state index >= 15 is 0 Å². The predicted octanol–water partition coefficient (Wildman–Crippen LogP) is 3.16. The van der Waals surface area contributed by atoms with Gasteiger partial charge in [-0.1, -0.05) is 23.2 Å². The molecule has 15 heavy (non-hydrogen) atoms. The molecular formula is C9H9Cl2FN2O. The second-order valence-corrected chi connectivity index (χ2v) is 4.21. The molecule has 1 aliphatic heterocycles. The van der Waals surface area contributed by atoms with Gasteiger partial charge >= 0.3 is 0 Å². The Balaban J connectivity index is 2.29. The van der Waals surface area contributed by atoms with Crippen molar-refractivity contribution in [2.45, 2.75) is 32.0 Å². The van der Waals surface area contributed by atoms with E-state index in [1.807, 2.05) is 6.92 Å². The summed E-state index contributed by atoms with van der Waals surface area (Å²) in [4.78, 5) is 7.64. The first-order valence-corrected chi connectivity index (χ1v) is 5.37. The maximum atomic E-state index is 13.0. The van der Waals surface area contributed by atoms with Gasteiger partial charge in [0.2, 0.25) is 0 Å². The minimum atomic E-state index is -0.784. The SMILES string of the molecule is CC1CCC(c2nc(Cl)c(F)c(Cl)n2)O1. The standard InChI is InChI=1S/C9H9Cl2FN2O/c1-4-2-3-5(15-4)9-13-7(10)6(12)8(11)14-9/h4-5H,2-3H2,1H3. The van der Waals surface area contributed by atoms with Gasteiger partial charge in [-0.05, 0) is 19.8 Å². The van der Waals surface area contributed by atoms with Crippen molar-refractivity contribution in [2.75, 3.05) is 0 Å². The van der Waals surface area contributed by atoms with E-state index < -0.39 is 5.82 Å². The van der Waals surface area contributed by atoms with Crippen LogP contribution in [0.2, 0.25) is 10.3 Å². The van der Waals surface area contributed by atoms with Crippen molar-refractivity contribution in [3.63, 3.8) is 0 Å². The number of aromatic nitrogens is 2. The molecule has 2 unspecified atom stereocenters. The van der Waals surface area contributed by atoms with Crippen molar-refractivity contribution < 1.29 is 9.13 Å². The molecule has 3 nitrogen and oxygen atoms in total. The van der Waals surface area contributed by atoms with Crippen LogP contribution in [-0.2, 0) is 4.74 Å². The van der Waals surface area contributed by atoms with Crippen molar-refractivity contribution >= 4 is 23.2 Å². The highest BCUT2D eigenvalue weighted by molar-refractivity contribution is 6.33. The van der Waals surface area contributed by atoms with E-state index in [4.69, 9.17) is 27.9 Å². The molecule has 1 aromatic rings. The second-order valence-electron chi connectivity index (χ2n) is 3.49. The molecule has 1 fully saturated rings. The molecule has 0 N–H and O–H groups in total. The number of halogens is 3. The fourth-order valence-electron chi connectivity index (χ4n) is 1.55. The fourth-order valence-corrected chi connectivity index (χ4v) is 1.95. The maximum absolute atomic E-state index is 13.0. The molecule has 0 spiro atoms. The lowest BCUT2D eigenvalue weighted by Crippen LogP contribution is -2.07. The second kappa shape index (κ2) is 4.20. The van der Waals surface area contributed by atoms with Gasteiger partial charge in [-0.25, -0.2) is 14.4 Å². The smallest absolute Gasteiger partial charge is 0.197 e. The van der Waals surface area contributed by atoms with Crippen LogP contribution in [0.15, 0.2) is 0 Å². The van der Waals surface area contributed by atoms with Crippen molar-refractivity contribution in [2.24, 2.45) is 0 Å². The molecule has 1 saturated heterocycles. The number of ether oxygens (including phenoxy) is 1. The van der Waals surface area contributed by atoms with Crippen LogP contribution in [-0.4, -0.2) is 16.1 Å². The highest BCUT2D eigenvalue weighted by Crippen LogP contribution is 2.32. The molecule has 2 atom stereocenters. The van der Waals surface area contributed by atoms with Gasteiger partial charge in [0, 0.05) is 0 Å². The number of nitrogens with zero attached hydrogens (tertiary/aromatic N) is 2. The van der Waals surface area contributed by atoms with E-state index in [1.54, 1.807) is 0 Å². The van der Waals surface area contributed by atoms with Crippen molar-refractivity contribution in [3.05, 3.63) is 21.9 Å². The first-order chi connectivity index (χ1) is 7.08. The summed E-state index contributed by atoms with van der Waals surface area (Å²) in [5, 5.41) is -0.513. The first-order valence-electron chi connectivity index (χ1n) is 4.62. The summed E-state index contributed by atoms with van der Waals surface area (Å²) in [5.74, 6) is -0.427. The van der Waals surface area contributed by atoms with E-state index in [0.717, 1.165) is 12.8 Å². The summed E-state index contributed by atoms with van der Waals surface area (Å²) in [6.07, 6.45) is 1.68. The molecule has 0 aliphatic carbocycles. The average Bonchev–Trinajstić information content (AvgIpc) is 2.60. The van der Waals surface area contributed by atoms with Crippen LogP contribution in [0.5, 0.6) is 0 Å². The Kier molecular flexibility index (Phi) is 3.09. The highest BCUT2D eigenvalue weighted by atomic mass is 35.5. The number of hydrogen-bond donors (Lipinski definition) is 0. The van der Waals surface area contributed by atoms with E-state index in [-0.39, 0.29) is 22.5 Å². The lowest BCUT2D eigenvalue weighted by molar-refractivity contribution is 0.0502. The molecule has 82 valence electrons.